The third-order valence-electron chi connectivity index (χ3n) is 3.21. The van der Waals surface area contributed by atoms with Crippen molar-refractivity contribution in [3.05, 3.63) is 47.0 Å². The molecule has 0 aliphatic carbocycles. The van der Waals surface area contributed by atoms with Crippen molar-refractivity contribution in [3.8, 4) is 5.69 Å². The van der Waals surface area contributed by atoms with Gasteiger partial charge in [0.05, 0.1) is 11.4 Å². The van der Waals surface area contributed by atoms with Crippen LogP contribution in [-0.2, 0) is 13.0 Å². The Morgan fingerprint density at radius 1 is 1.35 bits per heavy atom. The summed E-state index contributed by atoms with van der Waals surface area (Å²) in [5.41, 5.74) is 3.86. The van der Waals surface area contributed by atoms with Gasteiger partial charge in [0.25, 0.3) is 0 Å². The van der Waals surface area contributed by atoms with Crippen LogP contribution in [-0.4, -0.2) is 16.3 Å². The number of hydrogen-bond donors (Lipinski definition) is 1. The predicted molar refractivity (Wildman–Crippen MR) is 63.7 cm³/mol. The van der Waals surface area contributed by atoms with Gasteiger partial charge in [-0.1, -0.05) is 12.1 Å². The summed E-state index contributed by atoms with van der Waals surface area (Å²) in [6.07, 6.45) is 0.893. The molecule has 17 heavy (non-hydrogen) atoms. The first-order chi connectivity index (χ1) is 8.27. The normalized spacial score (nSPS) is 14.7. The van der Waals surface area contributed by atoms with Crippen LogP contribution in [0.4, 0.5) is 4.39 Å². The highest BCUT2D eigenvalue weighted by atomic mass is 19.1. The van der Waals surface area contributed by atoms with Crippen LogP contribution < -0.4 is 5.32 Å². The number of para-hydroxylation sites is 1. The lowest BCUT2D eigenvalue weighted by Crippen LogP contribution is -2.24. The summed E-state index contributed by atoms with van der Waals surface area (Å²) >= 11 is 0. The Labute approximate surface area is 99.3 Å². The minimum Gasteiger partial charge on any atom is -0.312 e. The van der Waals surface area contributed by atoms with Crippen LogP contribution in [0.3, 0.4) is 0 Å². The number of fused-ring (bicyclic) bond motifs is 1. The number of nitrogens with zero attached hydrogens (tertiary/aromatic N) is 2. The first kappa shape index (κ1) is 10.5. The van der Waals surface area contributed by atoms with Crippen molar-refractivity contribution < 1.29 is 4.39 Å². The van der Waals surface area contributed by atoms with E-state index in [0.29, 0.717) is 5.69 Å². The number of hydrogen-bond acceptors (Lipinski definition) is 2. The molecule has 1 N–H and O–H groups in total. The molecule has 3 rings (SSSR count). The molecule has 0 fully saturated rings. The molecule has 1 aliphatic heterocycles. The molecule has 3 nitrogen and oxygen atoms in total. The minimum absolute atomic E-state index is 0.226. The van der Waals surface area contributed by atoms with Crippen molar-refractivity contribution in [2.45, 2.75) is 19.9 Å². The smallest absolute Gasteiger partial charge is 0.148 e. The van der Waals surface area contributed by atoms with E-state index < -0.39 is 0 Å². The van der Waals surface area contributed by atoms with Gasteiger partial charge < -0.3 is 5.32 Å². The maximum absolute atomic E-state index is 13.8. The zero-order valence-corrected chi connectivity index (χ0v) is 9.70. The Balaban J connectivity index is 2.19. The number of nitrogens with one attached hydrogen (secondary N) is 1. The third-order valence-corrected chi connectivity index (χ3v) is 3.21. The van der Waals surface area contributed by atoms with Gasteiger partial charge in [-0.15, -0.1) is 0 Å². The van der Waals surface area contributed by atoms with Gasteiger partial charge in [-0.2, -0.15) is 5.10 Å². The van der Waals surface area contributed by atoms with Gasteiger partial charge in [-0.25, -0.2) is 9.07 Å². The van der Waals surface area contributed by atoms with Gasteiger partial charge in [0, 0.05) is 25.1 Å². The fourth-order valence-electron chi connectivity index (χ4n) is 2.34. The molecule has 0 radical (unpaired) electrons. The molecule has 88 valence electrons. The quantitative estimate of drug-likeness (QED) is 0.813. The highest BCUT2D eigenvalue weighted by molar-refractivity contribution is 5.39. The first-order valence-electron chi connectivity index (χ1n) is 5.80. The van der Waals surface area contributed by atoms with Crippen LogP contribution in [0.15, 0.2) is 24.3 Å². The molecule has 1 aromatic heterocycles. The molecule has 0 bridgehead atoms. The van der Waals surface area contributed by atoms with Crippen LogP contribution in [0.25, 0.3) is 5.69 Å². The van der Waals surface area contributed by atoms with Crippen molar-refractivity contribution >= 4 is 0 Å². The van der Waals surface area contributed by atoms with Crippen LogP contribution in [0.5, 0.6) is 0 Å². The number of aromatic nitrogens is 2. The van der Waals surface area contributed by atoms with Crippen molar-refractivity contribution in [1.82, 2.24) is 15.1 Å². The summed E-state index contributed by atoms with van der Waals surface area (Å²) in [6, 6.07) is 6.77. The van der Waals surface area contributed by atoms with E-state index >= 15 is 0 Å². The molecule has 0 atom stereocenters. The number of halogens is 1. The van der Waals surface area contributed by atoms with Crippen LogP contribution >= 0.6 is 0 Å². The molecule has 0 spiro atoms. The third kappa shape index (κ3) is 1.65. The van der Waals surface area contributed by atoms with E-state index in [1.807, 2.05) is 13.0 Å². The van der Waals surface area contributed by atoms with E-state index in [2.05, 4.69) is 10.4 Å². The highest BCUT2D eigenvalue weighted by Gasteiger charge is 2.20. The fourth-order valence-corrected chi connectivity index (χ4v) is 2.34. The molecule has 0 saturated heterocycles. The van der Waals surface area contributed by atoms with Crippen molar-refractivity contribution in [3.63, 3.8) is 0 Å². The van der Waals surface area contributed by atoms with E-state index in [4.69, 9.17) is 0 Å². The standard InChI is InChI=1S/C13H14FN3/c1-9-10-8-15-7-6-12(10)17(16-9)13-5-3-2-4-11(13)14/h2-5,15H,6-8H2,1H3. The van der Waals surface area contributed by atoms with E-state index in [9.17, 15) is 4.39 Å². The molecular formula is C13H14FN3. The Morgan fingerprint density at radius 2 is 2.18 bits per heavy atom. The van der Waals surface area contributed by atoms with Gasteiger partial charge in [-0.3, -0.25) is 0 Å². The predicted octanol–water partition coefficient (Wildman–Crippen LogP) is 1.97. The molecule has 0 unspecified atom stereocenters. The number of benzene rings is 1. The van der Waals surface area contributed by atoms with Gasteiger partial charge in [0.1, 0.15) is 11.5 Å². The molecule has 1 aromatic carbocycles. The molecule has 2 aromatic rings. The molecule has 4 heteroatoms. The summed E-state index contributed by atoms with van der Waals surface area (Å²) in [7, 11) is 0. The zero-order valence-electron chi connectivity index (χ0n) is 9.70. The largest absolute Gasteiger partial charge is 0.312 e. The lowest BCUT2D eigenvalue weighted by Gasteiger charge is -2.15. The Hall–Kier alpha value is -1.68. The summed E-state index contributed by atoms with van der Waals surface area (Å²) in [6.45, 7) is 3.73. The van der Waals surface area contributed by atoms with Gasteiger partial charge in [-0.05, 0) is 19.1 Å². The SMILES string of the molecule is Cc1nn(-c2ccccc2F)c2c1CNCC2. The van der Waals surface area contributed by atoms with Gasteiger partial charge in [0.15, 0.2) is 0 Å². The number of rotatable bonds is 1. The van der Waals surface area contributed by atoms with E-state index in [-0.39, 0.29) is 5.82 Å². The monoisotopic (exact) mass is 231 g/mol. The fraction of sp³-hybridized carbons (Fsp3) is 0.308. The maximum Gasteiger partial charge on any atom is 0.148 e. The summed E-state index contributed by atoms with van der Waals surface area (Å²) in [5.74, 6) is -0.226. The lowest BCUT2D eigenvalue weighted by molar-refractivity contribution is 0.591. The highest BCUT2D eigenvalue weighted by Crippen LogP contribution is 2.22. The summed E-state index contributed by atoms with van der Waals surface area (Å²) in [5, 5.41) is 7.77. The average molecular weight is 231 g/mol. The molecular weight excluding hydrogens is 217 g/mol. The minimum atomic E-state index is -0.226. The molecule has 0 amide bonds. The molecule has 0 saturated carbocycles. The molecule has 1 aliphatic rings. The van der Waals surface area contributed by atoms with Crippen LogP contribution in [0.1, 0.15) is 17.0 Å². The number of aryl methyl sites for hydroxylation is 1. The molecule has 2 heterocycles. The second-order valence-electron chi connectivity index (χ2n) is 4.30. The van der Waals surface area contributed by atoms with Crippen LogP contribution in [0, 0.1) is 12.7 Å². The van der Waals surface area contributed by atoms with Crippen molar-refractivity contribution in [2.75, 3.05) is 6.54 Å². The summed E-state index contributed by atoms with van der Waals surface area (Å²) in [4.78, 5) is 0. The van der Waals surface area contributed by atoms with E-state index in [1.54, 1.807) is 16.8 Å². The lowest BCUT2D eigenvalue weighted by atomic mass is 10.1. The maximum atomic E-state index is 13.8. The van der Waals surface area contributed by atoms with Gasteiger partial charge in [0.2, 0.25) is 0 Å². The topological polar surface area (TPSA) is 29.9 Å². The van der Waals surface area contributed by atoms with E-state index in [0.717, 1.165) is 30.9 Å². The first-order valence-corrected chi connectivity index (χ1v) is 5.80. The second kappa shape index (κ2) is 3.96. The zero-order chi connectivity index (χ0) is 11.8. The van der Waals surface area contributed by atoms with E-state index in [1.165, 1.54) is 11.6 Å². The second-order valence-corrected chi connectivity index (χ2v) is 4.30. The summed E-state index contributed by atoms with van der Waals surface area (Å²) < 4.78 is 15.5. The van der Waals surface area contributed by atoms with Gasteiger partial charge >= 0.3 is 0 Å². The Kier molecular flexibility index (Phi) is 2.44. The Morgan fingerprint density at radius 3 is 3.00 bits per heavy atom. The van der Waals surface area contributed by atoms with Crippen LogP contribution in [0.2, 0.25) is 0 Å². The van der Waals surface area contributed by atoms with Crippen molar-refractivity contribution in [2.24, 2.45) is 0 Å². The average Bonchev–Trinajstić information content (AvgIpc) is 2.68. The Bertz CT molecular complexity index is 560. The van der Waals surface area contributed by atoms with Crippen molar-refractivity contribution in [1.29, 1.82) is 0 Å².